The first-order valence-electron chi connectivity index (χ1n) is 6.99. The Morgan fingerprint density at radius 1 is 1.36 bits per heavy atom. The van der Waals surface area contributed by atoms with Crippen molar-refractivity contribution in [3.8, 4) is 5.69 Å². The van der Waals surface area contributed by atoms with Gasteiger partial charge in [-0.2, -0.15) is 5.10 Å². The fraction of sp³-hybridized carbons (Fsp3) is 0.267. The summed E-state index contributed by atoms with van der Waals surface area (Å²) in [5.74, 6) is 0. The molecule has 0 aliphatic heterocycles. The third kappa shape index (κ3) is 2.89. The molecule has 1 unspecified atom stereocenters. The van der Waals surface area contributed by atoms with Crippen LogP contribution in [0.3, 0.4) is 0 Å². The largest absolute Gasteiger partial charge is 0.301 e. The van der Waals surface area contributed by atoms with Crippen molar-refractivity contribution in [3.63, 3.8) is 0 Å². The SMILES string of the molecule is CCC(C)Sc1nc2c(cnn2-c2ccc(Cl)cc2)c(=O)[nH]1. The van der Waals surface area contributed by atoms with Crippen molar-refractivity contribution >= 4 is 34.4 Å². The molecular weight excluding hydrogens is 320 g/mol. The predicted octanol–water partition coefficient (Wildman–Crippen LogP) is 3.65. The van der Waals surface area contributed by atoms with Gasteiger partial charge in [-0.3, -0.25) is 4.79 Å². The fourth-order valence-electron chi connectivity index (χ4n) is 2.00. The minimum absolute atomic E-state index is 0.170. The van der Waals surface area contributed by atoms with E-state index in [-0.39, 0.29) is 5.56 Å². The molecular formula is C15H15ClN4OS. The minimum atomic E-state index is -0.170. The van der Waals surface area contributed by atoms with E-state index in [0.717, 1.165) is 12.1 Å². The number of benzene rings is 1. The van der Waals surface area contributed by atoms with Crippen LogP contribution in [-0.4, -0.2) is 25.0 Å². The summed E-state index contributed by atoms with van der Waals surface area (Å²) in [6.07, 6.45) is 2.54. The van der Waals surface area contributed by atoms with E-state index in [1.54, 1.807) is 28.6 Å². The van der Waals surface area contributed by atoms with E-state index < -0.39 is 0 Å². The summed E-state index contributed by atoms with van der Waals surface area (Å²) in [5.41, 5.74) is 1.20. The average molecular weight is 335 g/mol. The maximum atomic E-state index is 12.2. The molecule has 0 saturated carbocycles. The average Bonchev–Trinajstić information content (AvgIpc) is 2.92. The number of rotatable bonds is 4. The zero-order valence-corrected chi connectivity index (χ0v) is 13.8. The molecule has 1 aromatic carbocycles. The lowest BCUT2D eigenvalue weighted by Gasteiger charge is -2.08. The first-order chi connectivity index (χ1) is 10.6. The summed E-state index contributed by atoms with van der Waals surface area (Å²) < 4.78 is 1.65. The minimum Gasteiger partial charge on any atom is -0.301 e. The van der Waals surface area contributed by atoms with Crippen molar-refractivity contribution in [1.82, 2.24) is 19.7 Å². The highest BCUT2D eigenvalue weighted by atomic mass is 35.5. The van der Waals surface area contributed by atoms with Crippen molar-refractivity contribution in [2.75, 3.05) is 0 Å². The molecule has 0 fully saturated rings. The molecule has 5 nitrogen and oxygen atoms in total. The Labute approximate surface area is 136 Å². The van der Waals surface area contributed by atoms with Gasteiger partial charge in [0, 0.05) is 10.3 Å². The highest BCUT2D eigenvalue weighted by molar-refractivity contribution is 7.99. The van der Waals surface area contributed by atoms with Crippen molar-refractivity contribution in [1.29, 1.82) is 0 Å². The first kappa shape index (κ1) is 15.1. The second-order valence-corrected chi connectivity index (χ2v) is 6.84. The van der Waals surface area contributed by atoms with Gasteiger partial charge in [-0.1, -0.05) is 37.2 Å². The molecule has 3 rings (SSSR count). The lowest BCUT2D eigenvalue weighted by molar-refractivity contribution is 0.860. The number of nitrogens with one attached hydrogen (secondary N) is 1. The zero-order chi connectivity index (χ0) is 15.7. The van der Waals surface area contributed by atoms with Crippen molar-refractivity contribution in [2.24, 2.45) is 0 Å². The van der Waals surface area contributed by atoms with Gasteiger partial charge in [0.25, 0.3) is 5.56 Å². The number of nitrogens with zero attached hydrogens (tertiary/aromatic N) is 3. The van der Waals surface area contributed by atoms with E-state index in [4.69, 9.17) is 11.6 Å². The highest BCUT2D eigenvalue weighted by Gasteiger charge is 2.13. The van der Waals surface area contributed by atoms with Gasteiger partial charge in [0.05, 0.1) is 11.9 Å². The summed E-state index contributed by atoms with van der Waals surface area (Å²) in [6, 6.07) is 7.26. The van der Waals surface area contributed by atoms with Crippen molar-refractivity contribution in [3.05, 3.63) is 45.8 Å². The molecule has 0 aliphatic carbocycles. The van der Waals surface area contributed by atoms with Gasteiger partial charge < -0.3 is 4.98 Å². The maximum absolute atomic E-state index is 12.2. The Hall–Kier alpha value is -1.79. The van der Waals surface area contributed by atoms with Crippen molar-refractivity contribution < 1.29 is 0 Å². The van der Waals surface area contributed by atoms with Crippen LogP contribution in [0, 0.1) is 0 Å². The van der Waals surface area contributed by atoms with Crippen LogP contribution >= 0.6 is 23.4 Å². The number of H-pyrrole nitrogens is 1. The molecule has 22 heavy (non-hydrogen) atoms. The van der Waals surface area contributed by atoms with Crippen LogP contribution in [0.15, 0.2) is 40.4 Å². The van der Waals surface area contributed by atoms with E-state index in [0.29, 0.717) is 26.5 Å². The molecule has 0 amide bonds. The second kappa shape index (κ2) is 6.14. The molecule has 2 aromatic heterocycles. The molecule has 0 saturated heterocycles. The van der Waals surface area contributed by atoms with Crippen LogP contribution in [-0.2, 0) is 0 Å². The smallest absolute Gasteiger partial charge is 0.262 e. The van der Waals surface area contributed by atoms with Gasteiger partial charge >= 0.3 is 0 Å². The van der Waals surface area contributed by atoms with Crippen LogP contribution in [0.5, 0.6) is 0 Å². The Kier molecular flexibility index (Phi) is 4.22. The topological polar surface area (TPSA) is 63.6 Å². The fourth-order valence-corrected chi connectivity index (χ4v) is 2.96. The normalized spacial score (nSPS) is 12.7. The third-order valence-electron chi connectivity index (χ3n) is 3.38. The van der Waals surface area contributed by atoms with Gasteiger partial charge in [-0.15, -0.1) is 0 Å². The van der Waals surface area contributed by atoms with Crippen LogP contribution < -0.4 is 5.56 Å². The first-order valence-corrected chi connectivity index (χ1v) is 8.25. The molecule has 0 aliphatic rings. The molecule has 1 N–H and O–H groups in total. The summed E-state index contributed by atoms with van der Waals surface area (Å²) >= 11 is 7.46. The number of aromatic amines is 1. The number of aromatic nitrogens is 4. The molecule has 1 atom stereocenters. The Balaban J connectivity index is 2.12. The summed E-state index contributed by atoms with van der Waals surface area (Å²) in [4.78, 5) is 19.6. The van der Waals surface area contributed by atoms with E-state index in [2.05, 4.69) is 28.9 Å². The van der Waals surface area contributed by atoms with Crippen molar-refractivity contribution in [2.45, 2.75) is 30.7 Å². The molecule has 3 aromatic rings. The Morgan fingerprint density at radius 2 is 2.09 bits per heavy atom. The van der Waals surface area contributed by atoms with Crippen LogP contribution in [0.25, 0.3) is 16.7 Å². The number of hydrogen-bond donors (Lipinski definition) is 1. The summed E-state index contributed by atoms with van der Waals surface area (Å²) in [5, 5.41) is 6.40. The molecule has 0 bridgehead atoms. The van der Waals surface area contributed by atoms with E-state index in [9.17, 15) is 4.79 Å². The van der Waals surface area contributed by atoms with Gasteiger partial charge in [-0.05, 0) is 30.7 Å². The van der Waals surface area contributed by atoms with Crippen LogP contribution in [0.1, 0.15) is 20.3 Å². The van der Waals surface area contributed by atoms with Gasteiger partial charge in [0.1, 0.15) is 5.39 Å². The van der Waals surface area contributed by atoms with E-state index in [1.165, 1.54) is 6.20 Å². The van der Waals surface area contributed by atoms with Gasteiger partial charge in [0.2, 0.25) is 0 Å². The lowest BCUT2D eigenvalue weighted by atomic mass is 10.3. The predicted molar refractivity (Wildman–Crippen MR) is 90.1 cm³/mol. The second-order valence-electron chi connectivity index (χ2n) is 4.98. The van der Waals surface area contributed by atoms with E-state index >= 15 is 0 Å². The quantitative estimate of drug-likeness (QED) is 0.584. The Morgan fingerprint density at radius 3 is 2.77 bits per heavy atom. The summed E-state index contributed by atoms with van der Waals surface area (Å²) in [6.45, 7) is 4.21. The molecule has 0 spiro atoms. The van der Waals surface area contributed by atoms with Gasteiger partial charge in [0.15, 0.2) is 10.8 Å². The van der Waals surface area contributed by atoms with Gasteiger partial charge in [-0.25, -0.2) is 9.67 Å². The number of fused-ring (bicyclic) bond motifs is 1. The molecule has 7 heteroatoms. The van der Waals surface area contributed by atoms with Crippen LogP contribution in [0.4, 0.5) is 0 Å². The standard InChI is InChI=1S/C15H15ClN4OS/c1-3-9(2)22-15-18-13-12(14(21)19-15)8-17-20(13)11-6-4-10(16)5-7-11/h4-9H,3H2,1-2H3,(H,18,19,21). The Bertz CT molecular complexity index is 856. The number of thioether (sulfide) groups is 1. The number of hydrogen-bond acceptors (Lipinski definition) is 4. The number of halogens is 1. The zero-order valence-electron chi connectivity index (χ0n) is 12.2. The molecule has 0 radical (unpaired) electrons. The monoisotopic (exact) mass is 334 g/mol. The maximum Gasteiger partial charge on any atom is 0.262 e. The van der Waals surface area contributed by atoms with Crippen LogP contribution in [0.2, 0.25) is 5.02 Å². The lowest BCUT2D eigenvalue weighted by Crippen LogP contribution is -2.11. The highest BCUT2D eigenvalue weighted by Crippen LogP contribution is 2.23. The molecule has 2 heterocycles. The summed E-state index contributed by atoms with van der Waals surface area (Å²) in [7, 11) is 0. The van der Waals surface area contributed by atoms with E-state index in [1.807, 2.05) is 12.1 Å². The molecule has 114 valence electrons. The third-order valence-corrected chi connectivity index (χ3v) is 4.78.